The molecule has 2 aromatic carbocycles. The number of carbonyl (C=O) groups is 1. The molecule has 7 heteroatoms. The lowest BCUT2D eigenvalue weighted by atomic mass is 9.99. The second-order valence-electron chi connectivity index (χ2n) is 7.33. The molecule has 1 amide bonds. The minimum absolute atomic E-state index is 0.0427. The molecule has 4 rings (SSSR count). The number of amides is 1. The minimum Gasteiger partial charge on any atom is -0.348 e. The zero-order valence-corrected chi connectivity index (χ0v) is 16.0. The third kappa shape index (κ3) is 4.43. The van der Waals surface area contributed by atoms with Crippen molar-refractivity contribution in [2.24, 2.45) is 0 Å². The van der Waals surface area contributed by atoms with E-state index in [0.29, 0.717) is 12.1 Å². The molecule has 0 aliphatic carbocycles. The van der Waals surface area contributed by atoms with Crippen molar-refractivity contribution >= 4 is 5.91 Å². The number of rotatable bonds is 6. The smallest absolute Gasteiger partial charge is 0.251 e. The molecule has 0 spiro atoms. The molecular formula is C21H24N6O. The van der Waals surface area contributed by atoms with Crippen LogP contribution in [0.5, 0.6) is 0 Å². The molecule has 0 fully saturated rings. The van der Waals surface area contributed by atoms with E-state index in [0.717, 1.165) is 31.6 Å². The van der Waals surface area contributed by atoms with Crippen LogP contribution in [0.4, 0.5) is 0 Å². The first-order chi connectivity index (χ1) is 13.7. The van der Waals surface area contributed by atoms with Crippen molar-refractivity contribution in [2.75, 3.05) is 13.1 Å². The summed E-state index contributed by atoms with van der Waals surface area (Å²) >= 11 is 0. The Morgan fingerprint density at radius 1 is 1.14 bits per heavy atom. The number of hydrogen-bond acceptors (Lipinski definition) is 5. The van der Waals surface area contributed by atoms with E-state index in [4.69, 9.17) is 0 Å². The Kier molecular flexibility index (Phi) is 5.43. The summed E-state index contributed by atoms with van der Waals surface area (Å²) < 4.78 is 1.65. The van der Waals surface area contributed by atoms with Crippen LogP contribution in [0.25, 0.3) is 0 Å². The van der Waals surface area contributed by atoms with Crippen LogP contribution in [0, 0.1) is 0 Å². The van der Waals surface area contributed by atoms with Gasteiger partial charge in [0.15, 0.2) is 0 Å². The van der Waals surface area contributed by atoms with E-state index >= 15 is 0 Å². The highest BCUT2D eigenvalue weighted by Crippen LogP contribution is 2.18. The van der Waals surface area contributed by atoms with E-state index in [1.165, 1.54) is 11.1 Å². The fourth-order valence-corrected chi connectivity index (χ4v) is 3.65. The summed E-state index contributed by atoms with van der Waals surface area (Å²) in [7, 11) is 0. The van der Waals surface area contributed by atoms with E-state index in [1.54, 1.807) is 11.0 Å². The topological polar surface area (TPSA) is 75.9 Å². The van der Waals surface area contributed by atoms with Gasteiger partial charge in [-0.25, -0.2) is 4.68 Å². The molecule has 0 bridgehead atoms. The number of aromatic nitrogens is 4. The van der Waals surface area contributed by atoms with Crippen molar-refractivity contribution in [3.8, 4) is 0 Å². The SMILES string of the molecule is CC(CN1CCc2ccccc2C1)NC(=O)c1ccc(Cn2cnnn2)cc1. The van der Waals surface area contributed by atoms with E-state index in [2.05, 4.69) is 56.9 Å². The maximum Gasteiger partial charge on any atom is 0.251 e. The average Bonchev–Trinajstić information content (AvgIpc) is 3.21. The molecular weight excluding hydrogens is 352 g/mol. The van der Waals surface area contributed by atoms with Gasteiger partial charge in [-0.15, -0.1) is 5.10 Å². The van der Waals surface area contributed by atoms with Gasteiger partial charge in [0.1, 0.15) is 6.33 Å². The Morgan fingerprint density at radius 2 is 1.93 bits per heavy atom. The average molecular weight is 376 g/mol. The predicted molar refractivity (Wildman–Crippen MR) is 106 cm³/mol. The molecule has 7 nitrogen and oxygen atoms in total. The van der Waals surface area contributed by atoms with E-state index in [-0.39, 0.29) is 11.9 Å². The standard InChI is InChI=1S/C21H24N6O/c1-16(12-26-11-10-18-4-2-3-5-20(18)14-26)23-21(28)19-8-6-17(7-9-19)13-27-15-22-24-25-27/h2-9,15-16H,10-14H2,1H3,(H,23,28). The fourth-order valence-electron chi connectivity index (χ4n) is 3.65. The summed E-state index contributed by atoms with van der Waals surface area (Å²) in [6.45, 7) is 5.47. The van der Waals surface area contributed by atoms with Gasteiger partial charge in [0.05, 0.1) is 6.54 Å². The third-order valence-electron chi connectivity index (χ3n) is 5.07. The number of nitrogens with zero attached hydrogens (tertiary/aromatic N) is 5. The van der Waals surface area contributed by atoms with Crippen LogP contribution in [0.2, 0.25) is 0 Å². The lowest BCUT2D eigenvalue weighted by Gasteiger charge is -2.31. The summed E-state index contributed by atoms with van der Waals surface area (Å²) in [6.07, 6.45) is 2.64. The molecule has 144 valence electrons. The van der Waals surface area contributed by atoms with Gasteiger partial charge in [0, 0.05) is 31.2 Å². The second-order valence-corrected chi connectivity index (χ2v) is 7.33. The molecule has 0 saturated heterocycles. The van der Waals surface area contributed by atoms with Crippen LogP contribution in [0.1, 0.15) is 34.0 Å². The van der Waals surface area contributed by atoms with Crippen LogP contribution >= 0.6 is 0 Å². The Balaban J connectivity index is 1.29. The number of benzene rings is 2. The zero-order chi connectivity index (χ0) is 19.3. The number of hydrogen-bond donors (Lipinski definition) is 1. The Labute approximate surface area is 164 Å². The van der Waals surface area contributed by atoms with E-state index in [9.17, 15) is 4.79 Å². The number of nitrogens with one attached hydrogen (secondary N) is 1. The zero-order valence-electron chi connectivity index (χ0n) is 16.0. The van der Waals surface area contributed by atoms with Gasteiger partial charge in [-0.05, 0) is 52.6 Å². The maximum atomic E-state index is 12.6. The lowest BCUT2D eigenvalue weighted by molar-refractivity contribution is 0.0927. The molecule has 3 aromatic rings. The second kappa shape index (κ2) is 8.31. The molecule has 1 aromatic heterocycles. The molecule has 1 unspecified atom stereocenters. The molecule has 1 N–H and O–H groups in total. The third-order valence-corrected chi connectivity index (χ3v) is 5.07. The molecule has 1 aliphatic heterocycles. The minimum atomic E-state index is -0.0427. The first-order valence-corrected chi connectivity index (χ1v) is 9.57. The van der Waals surface area contributed by atoms with Crippen molar-refractivity contribution in [3.05, 3.63) is 77.1 Å². The summed E-state index contributed by atoms with van der Waals surface area (Å²) in [4.78, 5) is 15.0. The van der Waals surface area contributed by atoms with Gasteiger partial charge in [-0.2, -0.15) is 0 Å². The van der Waals surface area contributed by atoms with Gasteiger partial charge in [-0.1, -0.05) is 36.4 Å². The van der Waals surface area contributed by atoms with Crippen LogP contribution < -0.4 is 5.32 Å². The monoisotopic (exact) mass is 376 g/mol. The molecule has 1 aliphatic rings. The van der Waals surface area contributed by atoms with Crippen molar-refractivity contribution in [1.29, 1.82) is 0 Å². The van der Waals surface area contributed by atoms with Crippen LogP contribution in [0.3, 0.4) is 0 Å². The van der Waals surface area contributed by atoms with Gasteiger partial charge >= 0.3 is 0 Å². The largest absolute Gasteiger partial charge is 0.348 e. The highest BCUT2D eigenvalue weighted by atomic mass is 16.1. The molecule has 28 heavy (non-hydrogen) atoms. The molecule has 2 heterocycles. The van der Waals surface area contributed by atoms with Gasteiger partial charge < -0.3 is 5.32 Å². The summed E-state index contributed by atoms with van der Waals surface area (Å²) in [5, 5.41) is 14.2. The lowest BCUT2D eigenvalue weighted by Crippen LogP contribution is -2.43. The molecule has 0 saturated carbocycles. The Morgan fingerprint density at radius 3 is 2.68 bits per heavy atom. The number of fused-ring (bicyclic) bond motifs is 1. The Hall–Kier alpha value is -3.06. The van der Waals surface area contributed by atoms with Crippen molar-refractivity contribution < 1.29 is 4.79 Å². The fraction of sp³-hybridized carbons (Fsp3) is 0.333. The normalized spacial score (nSPS) is 15.0. The van der Waals surface area contributed by atoms with Crippen LogP contribution in [-0.2, 0) is 19.5 Å². The molecule has 1 atom stereocenters. The first kappa shape index (κ1) is 18.3. The summed E-state index contributed by atoms with van der Waals surface area (Å²) in [6, 6.07) is 16.2. The summed E-state index contributed by atoms with van der Waals surface area (Å²) in [5.41, 5.74) is 4.54. The van der Waals surface area contributed by atoms with E-state index in [1.807, 2.05) is 24.3 Å². The summed E-state index contributed by atoms with van der Waals surface area (Å²) in [5.74, 6) is -0.0427. The number of carbonyl (C=O) groups excluding carboxylic acids is 1. The highest BCUT2D eigenvalue weighted by molar-refractivity contribution is 5.94. The number of tetrazole rings is 1. The van der Waals surface area contributed by atoms with Crippen LogP contribution in [-0.4, -0.2) is 50.1 Å². The predicted octanol–water partition coefficient (Wildman–Crippen LogP) is 1.90. The van der Waals surface area contributed by atoms with Gasteiger partial charge in [0.2, 0.25) is 0 Å². The van der Waals surface area contributed by atoms with Crippen molar-refractivity contribution in [2.45, 2.75) is 32.5 Å². The van der Waals surface area contributed by atoms with Crippen LogP contribution in [0.15, 0.2) is 54.9 Å². The maximum absolute atomic E-state index is 12.6. The quantitative estimate of drug-likeness (QED) is 0.711. The Bertz CT molecular complexity index is 922. The van der Waals surface area contributed by atoms with Crippen molar-refractivity contribution in [1.82, 2.24) is 30.4 Å². The first-order valence-electron chi connectivity index (χ1n) is 9.57. The van der Waals surface area contributed by atoms with Crippen molar-refractivity contribution in [3.63, 3.8) is 0 Å². The molecule has 0 radical (unpaired) electrons. The van der Waals surface area contributed by atoms with E-state index < -0.39 is 0 Å². The van der Waals surface area contributed by atoms with Gasteiger partial charge in [-0.3, -0.25) is 9.69 Å². The van der Waals surface area contributed by atoms with Gasteiger partial charge in [0.25, 0.3) is 5.91 Å². The highest BCUT2D eigenvalue weighted by Gasteiger charge is 2.18.